The van der Waals surface area contributed by atoms with Crippen molar-refractivity contribution in [3.8, 4) is 79.4 Å². The fraction of sp³-hybridized carbons (Fsp3) is 0.0123. The molecule has 18 rings (SSSR count). The third kappa shape index (κ3) is 8.22. The van der Waals surface area contributed by atoms with Crippen molar-refractivity contribution in [1.29, 1.82) is 0 Å². The maximum atomic E-state index is 5.46. The van der Waals surface area contributed by atoms with Gasteiger partial charge in [0.05, 0.1) is 67.1 Å². The van der Waals surface area contributed by atoms with E-state index < -0.39 is 0 Å². The molecule has 0 N–H and O–H groups in total. The Bertz CT molecular complexity index is 5400. The summed E-state index contributed by atoms with van der Waals surface area (Å²) in [4.78, 5) is 21.8. The smallest absolute Gasteiger partial charge is 0.198 e. The Morgan fingerprint density at radius 2 is 0.483 bits per heavy atom. The molecular weight excluding hydrogens is 1080 g/mol. The number of nitrogens with zero attached hydrogens (tertiary/aromatic N) is 8. The lowest BCUT2D eigenvalue weighted by Crippen LogP contribution is -2.02. The summed E-state index contributed by atoms with van der Waals surface area (Å²) in [5, 5.41) is 8.54. The van der Waals surface area contributed by atoms with E-state index in [9.17, 15) is 0 Å². The minimum Gasteiger partial charge on any atom is -0.309 e. The molecule has 6 heterocycles. The molecule has 0 unspecified atom stereocenters. The number of allylic oxidation sites excluding steroid dienone is 2. The molecule has 0 fully saturated rings. The highest BCUT2D eigenvalue weighted by Crippen LogP contribution is 2.39. The van der Waals surface area contributed by atoms with E-state index in [2.05, 4.69) is 322 Å². The van der Waals surface area contributed by atoms with Crippen molar-refractivity contribution in [3.63, 3.8) is 0 Å². The Balaban J connectivity index is 0.804. The van der Waals surface area contributed by atoms with Gasteiger partial charge in [-0.15, -0.1) is 0 Å². The second kappa shape index (κ2) is 20.3. The summed E-state index contributed by atoms with van der Waals surface area (Å²) in [6, 6.07) is 99.5. The van der Waals surface area contributed by atoms with Crippen LogP contribution in [0, 0.1) is 0 Å². The van der Waals surface area contributed by atoms with E-state index in [4.69, 9.17) is 19.9 Å². The lowest BCUT2D eigenvalue weighted by atomic mass is 10.1. The van der Waals surface area contributed by atoms with Crippen LogP contribution in [0.2, 0.25) is 0 Å². The minimum atomic E-state index is 0.415. The van der Waals surface area contributed by atoms with Gasteiger partial charge in [-0.2, -0.15) is 0 Å². The molecule has 0 spiro atoms. The number of benzene rings is 11. The summed E-state index contributed by atoms with van der Waals surface area (Å²) in [5.41, 5.74) is 21.5. The standard InChI is InChI=1S/C81H52N8/c1-2-18-60-61-19-4-11-27-73(61)86(72(60)26-3-1)56-42-34-52(35-43-56)68-50-69(53-36-44-57(45-37-53)87-74-28-12-5-20-62(74)63-21-6-13-29-75(63)87)83-80(82-68)81-84-70(54-38-46-58(47-39-54)88-76-30-14-7-22-64(76)65-23-8-15-31-77(65)88)51-71(85-81)55-40-48-59(49-41-55)89-78-32-16-9-24-66(78)67-25-10-17-33-79(67)89/h2-51H,1H2. The molecule has 1 aliphatic carbocycles. The predicted molar refractivity (Wildman–Crippen MR) is 367 cm³/mol. The highest BCUT2D eigenvalue weighted by Gasteiger charge is 2.21. The largest absolute Gasteiger partial charge is 0.309 e. The normalized spacial score (nSPS) is 12.4. The van der Waals surface area contributed by atoms with E-state index >= 15 is 0 Å². The second-order valence-corrected chi connectivity index (χ2v) is 22.9. The monoisotopic (exact) mass is 1140 g/mol. The van der Waals surface area contributed by atoms with Crippen LogP contribution in [0.1, 0.15) is 17.7 Å². The maximum absolute atomic E-state index is 5.46. The maximum Gasteiger partial charge on any atom is 0.198 e. The molecule has 8 nitrogen and oxygen atoms in total. The van der Waals surface area contributed by atoms with E-state index in [1.165, 1.54) is 49.0 Å². The average molecular weight is 1140 g/mol. The van der Waals surface area contributed by atoms with Gasteiger partial charge in [0.15, 0.2) is 11.6 Å². The van der Waals surface area contributed by atoms with E-state index in [0.717, 1.165) is 113 Å². The van der Waals surface area contributed by atoms with E-state index in [-0.39, 0.29) is 0 Å². The molecule has 89 heavy (non-hydrogen) atoms. The van der Waals surface area contributed by atoms with Crippen LogP contribution in [0.15, 0.2) is 291 Å². The number of hydrogen-bond acceptors (Lipinski definition) is 4. The molecule has 0 saturated heterocycles. The topological polar surface area (TPSA) is 71.3 Å². The zero-order valence-electron chi connectivity index (χ0n) is 48.2. The van der Waals surface area contributed by atoms with Gasteiger partial charge in [0.1, 0.15) is 0 Å². The first-order valence-corrected chi connectivity index (χ1v) is 30.3. The molecule has 0 amide bonds. The summed E-state index contributed by atoms with van der Waals surface area (Å²) < 4.78 is 9.40. The van der Waals surface area contributed by atoms with E-state index in [1.807, 2.05) is 0 Å². The summed E-state index contributed by atoms with van der Waals surface area (Å²) >= 11 is 0. The highest BCUT2D eigenvalue weighted by atomic mass is 15.0. The molecule has 1 aliphatic rings. The fourth-order valence-electron chi connectivity index (χ4n) is 13.8. The van der Waals surface area contributed by atoms with Gasteiger partial charge in [-0.3, -0.25) is 0 Å². The van der Waals surface area contributed by atoms with Gasteiger partial charge < -0.3 is 18.3 Å². The summed E-state index contributed by atoms with van der Waals surface area (Å²) in [6.45, 7) is 0. The number of fused-ring (bicyclic) bond motifs is 12. The highest BCUT2D eigenvalue weighted by molar-refractivity contribution is 6.11. The molecule has 8 heteroatoms. The SMILES string of the molecule is C1=Cc2c(n(-c3ccc(-c4cc(-c5ccc(-n6c7ccccc7c7ccccc76)cc5)nc(-c5nc(-c6ccc(-n7c8ccccc8c8ccccc87)cc6)cc(-c6ccc(-n7c8ccccc8c8ccccc87)cc6)n5)n4)cc3)c3ccccc23)C=CC1. The fourth-order valence-corrected chi connectivity index (χ4v) is 13.8. The molecule has 11 aromatic carbocycles. The average Bonchev–Trinajstić information content (AvgIpc) is 1.85. The lowest BCUT2D eigenvalue weighted by Gasteiger charge is -2.14. The Morgan fingerprint density at radius 1 is 0.236 bits per heavy atom. The second-order valence-electron chi connectivity index (χ2n) is 22.9. The van der Waals surface area contributed by atoms with Gasteiger partial charge in [-0.25, -0.2) is 19.9 Å². The van der Waals surface area contributed by atoms with Crippen molar-refractivity contribution in [1.82, 2.24) is 38.2 Å². The summed E-state index contributed by atoms with van der Waals surface area (Å²) in [7, 11) is 0. The van der Waals surface area contributed by atoms with Crippen molar-refractivity contribution in [2.24, 2.45) is 0 Å². The molecule has 6 aromatic heterocycles. The number of aromatic nitrogens is 8. The zero-order valence-corrected chi connectivity index (χ0v) is 48.2. The zero-order chi connectivity index (χ0) is 58.5. The van der Waals surface area contributed by atoms with E-state index in [1.54, 1.807) is 0 Å². The van der Waals surface area contributed by atoms with E-state index in [0.29, 0.717) is 11.6 Å². The minimum absolute atomic E-state index is 0.415. The van der Waals surface area contributed by atoms with Crippen LogP contribution in [-0.4, -0.2) is 38.2 Å². The quantitative estimate of drug-likeness (QED) is 0.144. The molecule has 0 atom stereocenters. The van der Waals surface area contributed by atoms with Gasteiger partial charge in [0.25, 0.3) is 0 Å². The molecule has 0 aliphatic heterocycles. The van der Waals surface area contributed by atoms with Gasteiger partial charge in [-0.05, 0) is 116 Å². The van der Waals surface area contributed by atoms with Crippen LogP contribution in [0.4, 0.5) is 0 Å². The Hall–Kier alpha value is -12.0. The van der Waals surface area contributed by atoms with Crippen LogP contribution >= 0.6 is 0 Å². The molecule has 0 radical (unpaired) electrons. The Morgan fingerprint density at radius 3 is 0.787 bits per heavy atom. The third-order valence-corrected chi connectivity index (χ3v) is 17.9. The lowest BCUT2D eigenvalue weighted by molar-refractivity contribution is 1.08. The first-order chi connectivity index (χ1) is 44.1. The summed E-state index contributed by atoms with van der Waals surface area (Å²) in [5.74, 6) is 0.831. The van der Waals surface area contributed by atoms with Crippen molar-refractivity contribution in [3.05, 3.63) is 302 Å². The van der Waals surface area contributed by atoms with Crippen molar-refractivity contribution in [2.45, 2.75) is 6.42 Å². The van der Waals surface area contributed by atoms with Gasteiger partial charge in [0.2, 0.25) is 0 Å². The Labute approximate surface area is 512 Å². The molecular formula is C81H52N8. The summed E-state index contributed by atoms with van der Waals surface area (Å²) in [6.07, 6.45) is 9.87. The number of para-hydroxylation sites is 7. The first kappa shape index (κ1) is 50.3. The predicted octanol–water partition coefficient (Wildman–Crippen LogP) is 20.3. The van der Waals surface area contributed by atoms with Crippen LogP contribution in [-0.2, 0) is 0 Å². The molecule has 0 saturated carbocycles. The van der Waals surface area contributed by atoms with Crippen LogP contribution in [0.5, 0.6) is 0 Å². The van der Waals surface area contributed by atoms with Gasteiger partial charge in [0, 0.05) is 88.3 Å². The molecule has 0 bridgehead atoms. The third-order valence-electron chi connectivity index (χ3n) is 17.9. The molecule has 416 valence electrons. The van der Waals surface area contributed by atoms with Crippen LogP contribution in [0.3, 0.4) is 0 Å². The van der Waals surface area contributed by atoms with Crippen LogP contribution in [0.25, 0.3) is 168 Å². The number of hydrogen-bond donors (Lipinski definition) is 0. The molecule has 17 aromatic rings. The van der Waals surface area contributed by atoms with Crippen LogP contribution < -0.4 is 0 Å². The van der Waals surface area contributed by atoms with Crippen molar-refractivity contribution in [2.75, 3.05) is 0 Å². The number of rotatable bonds is 9. The van der Waals surface area contributed by atoms with Gasteiger partial charge in [-0.1, -0.05) is 194 Å². The first-order valence-electron chi connectivity index (χ1n) is 30.3. The Kier molecular flexibility index (Phi) is 11.5. The van der Waals surface area contributed by atoms with Gasteiger partial charge >= 0.3 is 0 Å². The van der Waals surface area contributed by atoms with Crippen molar-refractivity contribution >= 4 is 88.5 Å². The van der Waals surface area contributed by atoms with Crippen molar-refractivity contribution < 1.29 is 0 Å².